The Morgan fingerprint density at radius 3 is 1.96 bits per heavy atom. The molecule has 0 unspecified atom stereocenters. The van der Waals surface area contributed by atoms with Crippen LogP contribution in [0, 0.1) is 5.92 Å². The summed E-state index contributed by atoms with van der Waals surface area (Å²) in [5.41, 5.74) is 9.79. The lowest BCUT2D eigenvalue weighted by atomic mass is 10.0. The van der Waals surface area contributed by atoms with Crippen molar-refractivity contribution in [1.82, 2.24) is 16.2 Å². The van der Waals surface area contributed by atoms with E-state index in [1.54, 1.807) is 19.9 Å². The minimum atomic E-state index is -0.873. The maximum Gasteiger partial charge on any atom is 0.312 e. The highest BCUT2D eigenvalue weighted by Crippen LogP contribution is 2.22. The summed E-state index contributed by atoms with van der Waals surface area (Å²) < 4.78 is 10.2. The molecule has 9 heteroatoms. The van der Waals surface area contributed by atoms with Crippen LogP contribution in [0.2, 0.25) is 0 Å². The Kier molecular flexibility index (Phi) is 6.84. The van der Waals surface area contributed by atoms with Crippen LogP contribution in [0.1, 0.15) is 24.2 Å². The van der Waals surface area contributed by atoms with Gasteiger partial charge < -0.3 is 20.5 Å². The zero-order valence-corrected chi connectivity index (χ0v) is 14.0. The van der Waals surface area contributed by atoms with Gasteiger partial charge in [0.1, 0.15) is 17.5 Å². The fourth-order valence-corrected chi connectivity index (χ4v) is 1.90. The van der Waals surface area contributed by atoms with Gasteiger partial charge in [0.25, 0.3) is 11.8 Å². The van der Waals surface area contributed by atoms with E-state index in [4.69, 9.17) is 15.2 Å². The first-order valence-corrected chi connectivity index (χ1v) is 7.17. The number of nitrogens with two attached hydrogens (primary N) is 1. The van der Waals surface area contributed by atoms with Crippen LogP contribution in [-0.4, -0.2) is 38.1 Å². The second-order valence-electron chi connectivity index (χ2n) is 5.27. The first-order valence-electron chi connectivity index (χ1n) is 7.17. The van der Waals surface area contributed by atoms with Crippen LogP contribution in [0.25, 0.3) is 0 Å². The van der Waals surface area contributed by atoms with Crippen molar-refractivity contribution in [2.75, 3.05) is 14.2 Å². The monoisotopic (exact) mass is 338 g/mol. The van der Waals surface area contributed by atoms with Crippen molar-refractivity contribution in [3.05, 3.63) is 23.8 Å². The van der Waals surface area contributed by atoms with Gasteiger partial charge in [-0.2, -0.15) is 0 Å². The minimum Gasteiger partial charge on any atom is -0.497 e. The number of rotatable bonds is 6. The number of benzene rings is 1. The molecule has 1 atom stereocenters. The lowest BCUT2D eigenvalue weighted by molar-refractivity contribution is -0.124. The van der Waals surface area contributed by atoms with Crippen molar-refractivity contribution in [2.24, 2.45) is 11.7 Å². The van der Waals surface area contributed by atoms with Gasteiger partial charge in [-0.15, -0.1) is 0 Å². The standard InChI is InChI=1S/C15H22N4O5/c1-8(2)12(17-15(16)22)14(21)19-18-13(20)9-5-10(23-3)7-11(6-9)24-4/h5-8,12H,1-4H3,(H,18,20)(H,19,21)(H3,16,17,22)/t12-/m0/s1. The zero-order chi connectivity index (χ0) is 18.3. The van der Waals surface area contributed by atoms with Gasteiger partial charge in [-0.05, 0) is 18.1 Å². The second kappa shape index (κ2) is 8.61. The van der Waals surface area contributed by atoms with Crippen LogP contribution in [-0.2, 0) is 4.79 Å². The third-order valence-corrected chi connectivity index (χ3v) is 3.16. The first-order chi connectivity index (χ1) is 11.3. The summed E-state index contributed by atoms with van der Waals surface area (Å²) >= 11 is 0. The normalized spacial score (nSPS) is 11.4. The van der Waals surface area contributed by atoms with E-state index in [9.17, 15) is 14.4 Å². The fraction of sp³-hybridized carbons (Fsp3) is 0.400. The molecule has 0 aliphatic rings. The van der Waals surface area contributed by atoms with Crippen molar-refractivity contribution in [3.63, 3.8) is 0 Å². The van der Waals surface area contributed by atoms with Gasteiger partial charge in [-0.3, -0.25) is 20.4 Å². The average Bonchev–Trinajstić information content (AvgIpc) is 2.56. The molecule has 4 amide bonds. The number of urea groups is 1. The zero-order valence-electron chi connectivity index (χ0n) is 14.0. The highest BCUT2D eigenvalue weighted by atomic mass is 16.5. The molecule has 0 radical (unpaired) electrons. The maximum absolute atomic E-state index is 12.2. The predicted octanol–water partition coefficient (Wildman–Crippen LogP) is 0.158. The van der Waals surface area contributed by atoms with Crippen LogP contribution in [0.5, 0.6) is 11.5 Å². The van der Waals surface area contributed by atoms with E-state index in [0.29, 0.717) is 11.5 Å². The summed E-state index contributed by atoms with van der Waals surface area (Å²) in [7, 11) is 2.92. The molecule has 0 aliphatic carbocycles. The molecular weight excluding hydrogens is 316 g/mol. The molecule has 0 aromatic heterocycles. The van der Waals surface area contributed by atoms with Gasteiger partial charge in [0.15, 0.2) is 0 Å². The molecule has 0 spiro atoms. The molecule has 0 fully saturated rings. The molecule has 5 N–H and O–H groups in total. The van der Waals surface area contributed by atoms with Gasteiger partial charge in [0.05, 0.1) is 14.2 Å². The third-order valence-electron chi connectivity index (χ3n) is 3.16. The molecule has 1 rings (SSSR count). The molecule has 0 heterocycles. The van der Waals surface area contributed by atoms with E-state index in [2.05, 4.69) is 16.2 Å². The number of hydrogen-bond donors (Lipinski definition) is 4. The summed E-state index contributed by atoms with van der Waals surface area (Å²) in [6.07, 6.45) is 0. The van der Waals surface area contributed by atoms with Crippen LogP contribution in [0.15, 0.2) is 18.2 Å². The van der Waals surface area contributed by atoms with Crippen molar-refractivity contribution in [2.45, 2.75) is 19.9 Å². The number of carbonyl (C=O) groups is 3. The molecule has 0 saturated carbocycles. The highest BCUT2D eigenvalue weighted by Gasteiger charge is 2.23. The van der Waals surface area contributed by atoms with E-state index in [1.165, 1.54) is 26.4 Å². The Bertz CT molecular complexity index is 596. The number of primary amides is 1. The summed E-state index contributed by atoms with van der Waals surface area (Å²) in [6.45, 7) is 3.46. The molecule has 1 aromatic carbocycles. The Balaban J connectivity index is 2.77. The summed E-state index contributed by atoms with van der Waals surface area (Å²) in [5.74, 6) is -0.511. The molecule has 1 aromatic rings. The highest BCUT2D eigenvalue weighted by molar-refractivity contribution is 5.97. The number of hydrazine groups is 1. The van der Waals surface area contributed by atoms with Crippen molar-refractivity contribution in [3.8, 4) is 11.5 Å². The Morgan fingerprint density at radius 1 is 1.00 bits per heavy atom. The molecular formula is C15H22N4O5. The lowest BCUT2D eigenvalue weighted by Crippen LogP contribution is -2.55. The van der Waals surface area contributed by atoms with Crippen LogP contribution < -0.4 is 31.4 Å². The molecule has 0 bridgehead atoms. The van der Waals surface area contributed by atoms with E-state index < -0.39 is 23.9 Å². The fourth-order valence-electron chi connectivity index (χ4n) is 1.90. The largest absolute Gasteiger partial charge is 0.497 e. The minimum absolute atomic E-state index is 0.216. The Labute approximate surface area is 139 Å². The molecule has 0 aliphatic heterocycles. The smallest absolute Gasteiger partial charge is 0.312 e. The SMILES string of the molecule is COc1cc(OC)cc(C(=O)NNC(=O)[C@@H](NC(N)=O)C(C)C)c1. The van der Waals surface area contributed by atoms with E-state index >= 15 is 0 Å². The summed E-state index contributed by atoms with van der Waals surface area (Å²) in [6, 6.07) is 2.90. The van der Waals surface area contributed by atoms with Crippen LogP contribution in [0.3, 0.4) is 0 Å². The second-order valence-corrected chi connectivity index (χ2v) is 5.27. The van der Waals surface area contributed by atoms with Crippen molar-refractivity contribution in [1.29, 1.82) is 0 Å². The van der Waals surface area contributed by atoms with Gasteiger partial charge in [0.2, 0.25) is 0 Å². The third kappa shape index (κ3) is 5.34. The summed E-state index contributed by atoms with van der Waals surface area (Å²) in [4.78, 5) is 35.1. The molecule has 9 nitrogen and oxygen atoms in total. The summed E-state index contributed by atoms with van der Waals surface area (Å²) in [5, 5.41) is 2.31. The molecule has 132 valence electrons. The van der Waals surface area contributed by atoms with Crippen LogP contribution in [0.4, 0.5) is 4.79 Å². The Morgan fingerprint density at radius 2 is 1.54 bits per heavy atom. The number of methoxy groups -OCH3 is 2. The van der Waals surface area contributed by atoms with Gasteiger partial charge >= 0.3 is 6.03 Å². The van der Waals surface area contributed by atoms with E-state index in [1.807, 2.05) is 0 Å². The van der Waals surface area contributed by atoms with Gasteiger partial charge in [-0.25, -0.2) is 4.79 Å². The average molecular weight is 338 g/mol. The quantitative estimate of drug-likeness (QED) is 0.549. The number of carbonyl (C=O) groups excluding carboxylic acids is 3. The Hall–Kier alpha value is -2.97. The molecule has 0 saturated heterocycles. The van der Waals surface area contributed by atoms with Crippen LogP contribution >= 0.6 is 0 Å². The van der Waals surface area contributed by atoms with Gasteiger partial charge in [0, 0.05) is 11.6 Å². The van der Waals surface area contributed by atoms with E-state index in [-0.39, 0.29) is 11.5 Å². The molecule has 24 heavy (non-hydrogen) atoms. The number of nitrogens with one attached hydrogen (secondary N) is 3. The topological polar surface area (TPSA) is 132 Å². The van der Waals surface area contributed by atoms with E-state index in [0.717, 1.165) is 0 Å². The maximum atomic E-state index is 12.2. The first kappa shape index (κ1) is 19.1. The van der Waals surface area contributed by atoms with Gasteiger partial charge in [-0.1, -0.05) is 13.8 Å². The number of amides is 4. The number of ether oxygens (including phenoxy) is 2. The van der Waals surface area contributed by atoms with Crippen molar-refractivity contribution < 1.29 is 23.9 Å². The lowest BCUT2D eigenvalue weighted by Gasteiger charge is -2.20. The predicted molar refractivity (Wildman–Crippen MR) is 86.5 cm³/mol. The number of hydrogen-bond acceptors (Lipinski definition) is 5. The van der Waals surface area contributed by atoms with Crippen molar-refractivity contribution >= 4 is 17.8 Å².